The number of imide groups is 1. The van der Waals surface area contributed by atoms with E-state index in [1.54, 1.807) is 18.9 Å². The summed E-state index contributed by atoms with van der Waals surface area (Å²) >= 11 is 0. The molecule has 4 amide bonds. The number of carbonyl (C=O) groups excluding carboxylic acids is 3. The second kappa shape index (κ2) is 8.27. The van der Waals surface area contributed by atoms with E-state index in [0.29, 0.717) is 5.56 Å². The Bertz CT molecular complexity index is 718. The van der Waals surface area contributed by atoms with Crippen LogP contribution in [0.2, 0.25) is 0 Å². The molecule has 2 heterocycles. The molecule has 0 saturated carbocycles. The van der Waals surface area contributed by atoms with Gasteiger partial charge in [-0.1, -0.05) is 29.8 Å². The minimum absolute atomic E-state index is 0. The first-order valence-electron chi connectivity index (χ1n) is 9.00. The molecule has 1 aromatic rings. The van der Waals surface area contributed by atoms with Gasteiger partial charge >= 0.3 is 6.03 Å². The van der Waals surface area contributed by atoms with Crippen molar-refractivity contribution in [3.05, 3.63) is 35.4 Å². The molecule has 7 nitrogen and oxygen atoms in total. The molecule has 2 aliphatic heterocycles. The largest absolute Gasteiger partial charge is 0.341 e. The molecule has 148 valence electrons. The third-order valence-corrected chi connectivity index (χ3v) is 5.45. The molecule has 2 aliphatic rings. The predicted molar refractivity (Wildman–Crippen MR) is 105 cm³/mol. The summed E-state index contributed by atoms with van der Waals surface area (Å²) < 4.78 is 0. The summed E-state index contributed by atoms with van der Waals surface area (Å²) in [6, 6.07) is 7.09. The van der Waals surface area contributed by atoms with Crippen LogP contribution in [0.4, 0.5) is 4.79 Å². The van der Waals surface area contributed by atoms with Crippen molar-refractivity contribution < 1.29 is 14.4 Å². The van der Waals surface area contributed by atoms with E-state index in [4.69, 9.17) is 0 Å². The number of nitrogens with zero attached hydrogens (tertiary/aromatic N) is 2. The van der Waals surface area contributed by atoms with Gasteiger partial charge in [-0.05, 0) is 45.3 Å². The molecule has 0 aromatic heterocycles. The van der Waals surface area contributed by atoms with Crippen molar-refractivity contribution in [2.75, 3.05) is 26.7 Å². The summed E-state index contributed by atoms with van der Waals surface area (Å²) in [6.45, 7) is 5.15. The molecule has 2 fully saturated rings. The fourth-order valence-corrected chi connectivity index (χ4v) is 3.57. The van der Waals surface area contributed by atoms with Crippen molar-refractivity contribution in [1.82, 2.24) is 20.4 Å². The molecule has 1 atom stereocenters. The Morgan fingerprint density at radius 1 is 1.22 bits per heavy atom. The van der Waals surface area contributed by atoms with Crippen LogP contribution in [0.1, 0.15) is 30.9 Å². The number of urea groups is 1. The van der Waals surface area contributed by atoms with Gasteiger partial charge in [-0.15, -0.1) is 12.4 Å². The van der Waals surface area contributed by atoms with Gasteiger partial charge < -0.3 is 15.5 Å². The Morgan fingerprint density at radius 3 is 2.41 bits per heavy atom. The normalized spacial score (nSPS) is 23.0. The number of benzene rings is 1. The maximum Gasteiger partial charge on any atom is 0.325 e. The van der Waals surface area contributed by atoms with Crippen molar-refractivity contribution in [1.29, 1.82) is 0 Å². The Balaban J connectivity index is 0.00000261. The lowest BCUT2D eigenvalue weighted by atomic mass is 9.91. The van der Waals surface area contributed by atoms with Crippen LogP contribution in [-0.4, -0.2) is 60.4 Å². The van der Waals surface area contributed by atoms with E-state index in [1.165, 1.54) is 0 Å². The van der Waals surface area contributed by atoms with E-state index < -0.39 is 17.5 Å². The average Bonchev–Trinajstić information content (AvgIpc) is 2.86. The molecule has 1 unspecified atom stereocenters. The van der Waals surface area contributed by atoms with Crippen LogP contribution < -0.4 is 10.6 Å². The molecule has 2 N–H and O–H groups in total. The number of nitrogens with one attached hydrogen (secondary N) is 2. The molecule has 0 spiro atoms. The van der Waals surface area contributed by atoms with Gasteiger partial charge in [0.05, 0.1) is 0 Å². The second-order valence-corrected chi connectivity index (χ2v) is 7.30. The van der Waals surface area contributed by atoms with Crippen LogP contribution in [0.25, 0.3) is 0 Å². The highest BCUT2D eigenvalue weighted by Gasteiger charge is 2.49. The van der Waals surface area contributed by atoms with E-state index >= 15 is 0 Å². The lowest BCUT2D eigenvalue weighted by Crippen LogP contribution is -2.48. The molecule has 0 aliphatic carbocycles. The van der Waals surface area contributed by atoms with E-state index in [2.05, 4.69) is 10.6 Å². The quantitative estimate of drug-likeness (QED) is 0.756. The van der Waals surface area contributed by atoms with Crippen molar-refractivity contribution >= 4 is 30.3 Å². The van der Waals surface area contributed by atoms with Crippen LogP contribution in [-0.2, 0) is 15.1 Å². The first-order chi connectivity index (χ1) is 12.3. The lowest BCUT2D eigenvalue weighted by Gasteiger charge is -2.32. The number of piperidine rings is 1. The topological polar surface area (TPSA) is 81.8 Å². The number of aryl methyl sites for hydroxylation is 1. The van der Waals surface area contributed by atoms with E-state index in [-0.39, 0.29) is 30.9 Å². The van der Waals surface area contributed by atoms with Gasteiger partial charge in [0.25, 0.3) is 5.91 Å². The number of carbonyl (C=O) groups is 3. The van der Waals surface area contributed by atoms with Crippen LogP contribution in [0, 0.1) is 6.92 Å². The first kappa shape index (κ1) is 21.2. The molecule has 3 rings (SSSR count). The maximum absolute atomic E-state index is 12.9. The Labute approximate surface area is 165 Å². The highest BCUT2D eigenvalue weighted by Crippen LogP contribution is 2.29. The zero-order chi connectivity index (χ0) is 18.9. The average molecular weight is 395 g/mol. The standard InChI is InChI=1S/C19H26N4O3.ClH/c1-13-4-6-14(7-5-13)19(2)17(25)23(18(26)21-19)12-16(24)22(3)15-8-10-20-11-9-15;/h4-7,15,20H,8-12H2,1-3H3,(H,21,26);1H. The maximum atomic E-state index is 12.9. The van der Waals surface area contributed by atoms with Crippen LogP contribution in [0.5, 0.6) is 0 Å². The fourth-order valence-electron chi connectivity index (χ4n) is 3.57. The third-order valence-electron chi connectivity index (χ3n) is 5.45. The highest BCUT2D eigenvalue weighted by atomic mass is 35.5. The zero-order valence-corrected chi connectivity index (χ0v) is 16.8. The third kappa shape index (κ3) is 4.09. The van der Waals surface area contributed by atoms with Gasteiger partial charge in [-0.25, -0.2) is 4.79 Å². The Hall–Kier alpha value is -2.12. The van der Waals surface area contributed by atoms with Gasteiger partial charge in [0.1, 0.15) is 12.1 Å². The number of likely N-dealkylation sites (N-methyl/N-ethyl adjacent to an activating group) is 1. The van der Waals surface area contributed by atoms with Gasteiger partial charge in [0, 0.05) is 13.1 Å². The summed E-state index contributed by atoms with van der Waals surface area (Å²) in [6.07, 6.45) is 1.76. The van der Waals surface area contributed by atoms with Gasteiger partial charge in [0.15, 0.2) is 0 Å². The van der Waals surface area contributed by atoms with Gasteiger partial charge in [0.2, 0.25) is 5.91 Å². The van der Waals surface area contributed by atoms with E-state index in [1.807, 2.05) is 31.2 Å². The smallest absolute Gasteiger partial charge is 0.325 e. The number of hydrogen-bond donors (Lipinski definition) is 2. The molecule has 0 bridgehead atoms. The molecule has 8 heteroatoms. The molecular formula is C19H27ClN4O3. The summed E-state index contributed by atoms with van der Waals surface area (Å²) in [5.41, 5.74) is 0.645. The second-order valence-electron chi connectivity index (χ2n) is 7.30. The first-order valence-corrected chi connectivity index (χ1v) is 9.00. The predicted octanol–water partition coefficient (Wildman–Crippen LogP) is 1.39. The summed E-state index contributed by atoms with van der Waals surface area (Å²) in [5.74, 6) is -0.605. The fraction of sp³-hybridized carbons (Fsp3) is 0.526. The monoisotopic (exact) mass is 394 g/mol. The number of halogens is 1. The summed E-state index contributed by atoms with van der Waals surface area (Å²) in [5, 5.41) is 6.01. The number of rotatable bonds is 4. The van der Waals surface area contributed by atoms with Crippen molar-refractivity contribution in [2.24, 2.45) is 0 Å². The van der Waals surface area contributed by atoms with Crippen LogP contribution in [0.3, 0.4) is 0 Å². The van der Waals surface area contributed by atoms with Crippen LogP contribution >= 0.6 is 12.4 Å². The minimum atomic E-state index is -1.14. The Kier molecular flexibility index (Phi) is 6.49. The summed E-state index contributed by atoms with van der Waals surface area (Å²) in [7, 11) is 1.75. The van der Waals surface area contributed by atoms with Crippen LogP contribution in [0.15, 0.2) is 24.3 Å². The Morgan fingerprint density at radius 2 is 1.81 bits per heavy atom. The molecule has 27 heavy (non-hydrogen) atoms. The molecule has 2 saturated heterocycles. The molecular weight excluding hydrogens is 368 g/mol. The van der Waals surface area contributed by atoms with Crippen molar-refractivity contribution in [2.45, 2.75) is 38.3 Å². The zero-order valence-electron chi connectivity index (χ0n) is 15.9. The van der Waals surface area contributed by atoms with E-state index in [0.717, 1.165) is 36.4 Å². The lowest BCUT2D eigenvalue weighted by molar-refractivity contribution is -0.139. The number of hydrogen-bond acceptors (Lipinski definition) is 4. The molecule has 0 radical (unpaired) electrons. The summed E-state index contributed by atoms with van der Waals surface area (Å²) in [4.78, 5) is 40.6. The van der Waals surface area contributed by atoms with Crippen molar-refractivity contribution in [3.8, 4) is 0 Å². The number of amides is 4. The van der Waals surface area contributed by atoms with Crippen molar-refractivity contribution in [3.63, 3.8) is 0 Å². The van der Waals surface area contributed by atoms with Gasteiger partial charge in [-0.2, -0.15) is 0 Å². The molecule has 1 aromatic carbocycles. The highest BCUT2D eigenvalue weighted by molar-refractivity contribution is 6.09. The SMILES string of the molecule is Cc1ccc(C2(C)NC(=O)N(CC(=O)N(C)C3CCNCC3)C2=O)cc1.Cl. The van der Waals surface area contributed by atoms with E-state index in [9.17, 15) is 14.4 Å². The van der Waals surface area contributed by atoms with Gasteiger partial charge in [-0.3, -0.25) is 14.5 Å². The minimum Gasteiger partial charge on any atom is -0.341 e.